The molecule has 0 unspecified atom stereocenters. The highest BCUT2D eigenvalue weighted by atomic mass is 16.5. The normalized spacial score (nSPS) is 13.2. The zero-order valence-corrected chi connectivity index (χ0v) is 16.0. The minimum Gasteiger partial charge on any atom is -0.497 e. The standard InChI is InChI=1S/C19H27N3O3/c1-11(18-13(3)21-22(5)14(18)4)19(23)20-12(2)16-10-15(24-6)8-9-17(16)25-7/h8-12H,1-7H3,(H,20,23)/t11-,12+/m0/s1. The van der Waals surface area contributed by atoms with E-state index in [4.69, 9.17) is 9.47 Å². The molecule has 0 fully saturated rings. The van der Waals surface area contributed by atoms with E-state index >= 15 is 0 Å². The first-order valence-electron chi connectivity index (χ1n) is 8.32. The smallest absolute Gasteiger partial charge is 0.227 e. The number of aromatic nitrogens is 2. The molecule has 6 heteroatoms. The molecule has 1 N–H and O–H groups in total. The highest BCUT2D eigenvalue weighted by molar-refractivity contribution is 5.84. The molecule has 1 aromatic heterocycles. The van der Waals surface area contributed by atoms with E-state index in [1.54, 1.807) is 14.2 Å². The molecule has 1 heterocycles. The molecule has 0 spiro atoms. The zero-order chi connectivity index (χ0) is 18.7. The first-order chi connectivity index (χ1) is 11.8. The van der Waals surface area contributed by atoms with Crippen LogP contribution < -0.4 is 14.8 Å². The maximum atomic E-state index is 12.8. The van der Waals surface area contributed by atoms with Gasteiger partial charge in [-0.05, 0) is 45.9 Å². The van der Waals surface area contributed by atoms with Gasteiger partial charge in [-0.2, -0.15) is 5.10 Å². The molecule has 25 heavy (non-hydrogen) atoms. The van der Waals surface area contributed by atoms with E-state index in [0.717, 1.165) is 34.0 Å². The molecular formula is C19H27N3O3. The van der Waals surface area contributed by atoms with Crippen molar-refractivity contribution in [3.05, 3.63) is 40.7 Å². The largest absolute Gasteiger partial charge is 0.497 e. The maximum absolute atomic E-state index is 12.8. The van der Waals surface area contributed by atoms with Crippen LogP contribution >= 0.6 is 0 Å². The minimum absolute atomic E-state index is 0.0448. The second-order valence-electron chi connectivity index (χ2n) is 6.27. The summed E-state index contributed by atoms with van der Waals surface area (Å²) in [6.45, 7) is 7.75. The average Bonchev–Trinajstić information content (AvgIpc) is 2.85. The van der Waals surface area contributed by atoms with Crippen LogP contribution in [0.25, 0.3) is 0 Å². The lowest BCUT2D eigenvalue weighted by molar-refractivity contribution is -0.122. The van der Waals surface area contributed by atoms with Crippen molar-refractivity contribution >= 4 is 5.91 Å². The van der Waals surface area contributed by atoms with E-state index in [2.05, 4.69) is 10.4 Å². The number of carbonyl (C=O) groups excluding carboxylic acids is 1. The van der Waals surface area contributed by atoms with Gasteiger partial charge in [-0.1, -0.05) is 0 Å². The fraction of sp³-hybridized carbons (Fsp3) is 0.474. The van der Waals surface area contributed by atoms with Crippen molar-refractivity contribution in [1.82, 2.24) is 15.1 Å². The van der Waals surface area contributed by atoms with Gasteiger partial charge < -0.3 is 14.8 Å². The molecule has 0 saturated heterocycles. The second kappa shape index (κ2) is 7.59. The number of methoxy groups -OCH3 is 2. The lowest BCUT2D eigenvalue weighted by Gasteiger charge is -2.21. The third kappa shape index (κ3) is 3.78. The van der Waals surface area contributed by atoms with Gasteiger partial charge in [0.2, 0.25) is 5.91 Å². The fourth-order valence-electron chi connectivity index (χ4n) is 3.14. The summed E-state index contributed by atoms with van der Waals surface area (Å²) in [7, 11) is 5.12. The van der Waals surface area contributed by atoms with Crippen LogP contribution in [0, 0.1) is 13.8 Å². The van der Waals surface area contributed by atoms with Gasteiger partial charge in [-0.25, -0.2) is 0 Å². The number of nitrogens with one attached hydrogen (secondary N) is 1. The number of ether oxygens (including phenoxy) is 2. The molecule has 1 amide bonds. The summed E-state index contributed by atoms with van der Waals surface area (Å²) >= 11 is 0. The summed E-state index contributed by atoms with van der Waals surface area (Å²) in [5.41, 5.74) is 3.74. The molecule has 2 aromatic rings. The number of amides is 1. The lowest BCUT2D eigenvalue weighted by atomic mass is 9.97. The monoisotopic (exact) mass is 345 g/mol. The number of hydrogen-bond acceptors (Lipinski definition) is 4. The van der Waals surface area contributed by atoms with Gasteiger partial charge in [-0.15, -0.1) is 0 Å². The third-order valence-electron chi connectivity index (χ3n) is 4.65. The van der Waals surface area contributed by atoms with Crippen LogP contribution in [0.5, 0.6) is 11.5 Å². The molecule has 136 valence electrons. The number of benzene rings is 1. The Labute approximate surface area is 149 Å². The summed E-state index contributed by atoms with van der Waals surface area (Å²) in [6, 6.07) is 5.35. The lowest BCUT2D eigenvalue weighted by Crippen LogP contribution is -2.31. The van der Waals surface area contributed by atoms with Crippen molar-refractivity contribution < 1.29 is 14.3 Å². The molecule has 6 nitrogen and oxygen atoms in total. The van der Waals surface area contributed by atoms with Gasteiger partial charge in [0, 0.05) is 23.9 Å². The van der Waals surface area contributed by atoms with Gasteiger partial charge in [0.15, 0.2) is 0 Å². The Morgan fingerprint density at radius 1 is 1.20 bits per heavy atom. The molecule has 0 bridgehead atoms. The Hall–Kier alpha value is -2.50. The predicted octanol–water partition coefficient (Wildman–Crippen LogP) is 3.04. The molecule has 0 radical (unpaired) electrons. The predicted molar refractivity (Wildman–Crippen MR) is 97.2 cm³/mol. The van der Waals surface area contributed by atoms with Crippen molar-refractivity contribution in [1.29, 1.82) is 0 Å². The second-order valence-corrected chi connectivity index (χ2v) is 6.27. The van der Waals surface area contributed by atoms with E-state index in [-0.39, 0.29) is 17.9 Å². The van der Waals surface area contributed by atoms with Crippen LogP contribution in [0.4, 0.5) is 0 Å². The molecule has 0 aliphatic heterocycles. The zero-order valence-electron chi connectivity index (χ0n) is 16.0. The Morgan fingerprint density at radius 2 is 1.88 bits per heavy atom. The highest BCUT2D eigenvalue weighted by Gasteiger charge is 2.24. The van der Waals surface area contributed by atoms with E-state index in [1.807, 2.05) is 57.6 Å². The van der Waals surface area contributed by atoms with Gasteiger partial charge in [0.1, 0.15) is 11.5 Å². The number of rotatable bonds is 6. The van der Waals surface area contributed by atoms with Gasteiger partial charge in [0.05, 0.1) is 31.9 Å². The molecular weight excluding hydrogens is 318 g/mol. The SMILES string of the molecule is COc1ccc(OC)c([C@@H](C)NC(=O)[C@@H](C)c2c(C)nn(C)c2C)c1. The Kier molecular flexibility index (Phi) is 5.72. The van der Waals surface area contributed by atoms with Crippen molar-refractivity contribution in [2.24, 2.45) is 7.05 Å². The minimum atomic E-state index is -0.284. The molecule has 2 atom stereocenters. The van der Waals surface area contributed by atoms with Crippen LogP contribution in [0.1, 0.15) is 48.3 Å². The Balaban J connectivity index is 2.22. The van der Waals surface area contributed by atoms with Crippen LogP contribution in [0.3, 0.4) is 0 Å². The molecule has 1 aromatic carbocycles. The maximum Gasteiger partial charge on any atom is 0.227 e. The summed E-state index contributed by atoms with van der Waals surface area (Å²) in [5.74, 6) is 1.11. The molecule has 2 rings (SSSR count). The topological polar surface area (TPSA) is 65.4 Å². The van der Waals surface area contributed by atoms with Crippen molar-refractivity contribution in [3.63, 3.8) is 0 Å². The van der Waals surface area contributed by atoms with Crippen molar-refractivity contribution in [2.75, 3.05) is 14.2 Å². The van der Waals surface area contributed by atoms with Gasteiger partial charge in [0.25, 0.3) is 0 Å². The summed E-state index contributed by atoms with van der Waals surface area (Å²) in [6.07, 6.45) is 0. The van der Waals surface area contributed by atoms with Gasteiger partial charge >= 0.3 is 0 Å². The van der Waals surface area contributed by atoms with Crippen LogP contribution in [0.15, 0.2) is 18.2 Å². The number of carbonyl (C=O) groups is 1. The first kappa shape index (κ1) is 18.8. The summed E-state index contributed by atoms with van der Waals surface area (Å²) < 4.78 is 12.5. The summed E-state index contributed by atoms with van der Waals surface area (Å²) in [5, 5.41) is 7.47. The van der Waals surface area contributed by atoms with E-state index < -0.39 is 0 Å². The quantitative estimate of drug-likeness (QED) is 0.874. The van der Waals surface area contributed by atoms with Crippen LogP contribution in [0.2, 0.25) is 0 Å². The van der Waals surface area contributed by atoms with E-state index in [1.165, 1.54) is 0 Å². The van der Waals surface area contributed by atoms with Crippen LogP contribution in [-0.4, -0.2) is 29.9 Å². The Morgan fingerprint density at radius 3 is 2.40 bits per heavy atom. The fourth-order valence-corrected chi connectivity index (χ4v) is 3.14. The third-order valence-corrected chi connectivity index (χ3v) is 4.65. The summed E-state index contributed by atoms with van der Waals surface area (Å²) in [4.78, 5) is 12.8. The number of hydrogen-bond donors (Lipinski definition) is 1. The van der Waals surface area contributed by atoms with Gasteiger partial charge in [-0.3, -0.25) is 9.48 Å². The molecule has 0 aliphatic rings. The molecule has 0 aliphatic carbocycles. The van der Waals surface area contributed by atoms with Crippen molar-refractivity contribution in [3.8, 4) is 11.5 Å². The van der Waals surface area contributed by atoms with E-state index in [9.17, 15) is 4.79 Å². The van der Waals surface area contributed by atoms with Crippen molar-refractivity contribution in [2.45, 2.75) is 39.7 Å². The first-order valence-corrected chi connectivity index (χ1v) is 8.32. The van der Waals surface area contributed by atoms with E-state index in [0.29, 0.717) is 0 Å². The average molecular weight is 345 g/mol. The number of nitrogens with zero attached hydrogens (tertiary/aromatic N) is 2. The number of aryl methyl sites for hydroxylation is 2. The highest BCUT2D eigenvalue weighted by Crippen LogP contribution is 2.30. The molecule has 0 saturated carbocycles. The Bertz CT molecular complexity index is 768. The van der Waals surface area contributed by atoms with Crippen LogP contribution in [-0.2, 0) is 11.8 Å².